The molecule has 0 saturated heterocycles. The molecule has 1 aromatic carbocycles. The minimum Gasteiger partial charge on any atom is -0.371 e. The lowest BCUT2D eigenvalue weighted by atomic mass is 10.2. The van der Waals surface area contributed by atoms with Crippen LogP contribution in [0.2, 0.25) is 0 Å². The van der Waals surface area contributed by atoms with Crippen LogP contribution in [0.25, 0.3) is 6.08 Å². The summed E-state index contributed by atoms with van der Waals surface area (Å²) in [7, 11) is -3.84. The van der Waals surface area contributed by atoms with Crippen molar-refractivity contribution in [2.24, 2.45) is 0 Å². The summed E-state index contributed by atoms with van der Waals surface area (Å²) in [5.41, 5.74) is 0.0134. The van der Waals surface area contributed by atoms with Gasteiger partial charge in [-0.15, -0.1) is 0 Å². The fourth-order valence-corrected chi connectivity index (χ4v) is 1.99. The van der Waals surface area contributed by atoms with Crippen molar-refractivity contribution >= 4 is 21.9 Å². The summed E-state index contributed by atoms with van der Waals surface area (Å²) in [5.74, 6) is -0.231. The summed E-state index contributed by atoms with van der Waals surface area (Å²) in [4.78, 5) is 9.90. The average molecular weight is 227 g/mol. The summed E-state index contributed by atoms with van der Waals surface area (Å²) in [6.07, 6.45) is 1.27. The number of rotatable bonds is 1. The maximum Gasteiger partial charge on any atom is 0.332 e. The standard InChI is InChI=1S/C8H5NO5S/c10-9(11)7-3-1-2-6-4-5-15(12,13)14-8(6)7/h1-5H. The highest BCUT2D eigenvalue weighted by molar-refractivity contribution is 7.90. The molecule has 2 rings (SSSR count). The second-order valence-electron chi connectivity index (χ2n) is 2.83. The normalized spacial score (nSPS) is 16.5. The van der Waals surface area contributed by atoms with Gasteiger partial charge in [0.2, 0.25) is 5.75 Å². The molecule has 1 heterocycles. The van der Waals surface area contributed by atoms with Gasteiger partial charge in [0.1, 0.15) is 0 Å². The first-order valence-electron chi connectivity index (χ1n) is 3.89. The zero-order chi connectivity index (χ0) is 11.1. The lowest BCUT2D eigenvalue weighted by Crippen LogP contribution is -2.11. The summed E-state index contributed by atoms with van der Waals surface area (Å²) < 4.78 is 26.7. The van der Waals surface area contributed by atoms with E-state index in [1.54, 1.807) is 0 Å². The summed E-state index contributed by atoms with van der Waals surface area (Å²) in [6.45, 7) is 0. The van der Waals surface area contributed by atoms with E-state index in [9.17, 15) is 18.5 Å². The second-order valence-corrected chi connectivity index (χ2v) is 4.26. The van der Waals surface area contributed by atoms with E-state index in [1.165, 1.54) is 24.3 Å². The molecule has 15 heavy (non-hydrogen) atoms. The van der Waals surface area contributed by atoms with Gasteiger partial charge in [0.05, 0.1) is 10.3 Å². The van der Waals surface area contributed by atoms with Crippen molar-refractivity contribution in [3.05, 3.63) is 39.3 Å². The van der Waals surface area contributed by atoms with Crippen LogP contribution >= 0.6 is 0 Å². The lowest BCUT2D eigenvalue weighted by Gasteiger charge is -2.11. The zero-order valence-electron chi connectivity index (χ0n) is 7.28. The van der Waals surface area contributed by atoms with Crippen LogP contribution in [0.15, 0.2) is 23.6 Å². The fourth-order valence-electron chi connectivity index (χ4n) is 1.21. The predicted octanol–water partition coefficient (Wildman–Crippen LogP) is 1.29. The molecular weight excluding hydrogens is 222 g/mol. The van der Waals surface area contributed by atoms with Crippen LogP contribution in [-0.2, 0) is 10.1 Å². The molecule has 1 aromatic rings. The van der Waals surface area contributed by atoms with Crippen molar-refractivity contribution in [3.63, 3.8) is 0 Å². The van der Waals surface area contributed by atoms with Gasteiger partial charge in [-0.25, -0.2) is 0 Å². The molecule has 0 unspecified atom stereocenters. The topological polar surface area (TPSA) is 86.5 Å². The van der Waals surface area contributed by atoms with Crippen molar-refractivity contribution in [3.8, 4) is 5.75 Å². The van der Waals surface area contributed by atoms with Crippen LogP contribution in [0, 0.1) is 10.1 Å². The maximum absolute atomic E-state index is 11.1. The van der Waals surface area contributed by atoms with Crippen molar-refractivity contribution in [1.29, 1.82) is 0 Å². The quantitative estimate of drug-likeness (QED) is 0.410. The summed E-state index contributed by atoms with van der Waals surface area (Å²) in [5, 5.41) is 11.5. The van der Waals surface area contributed by atoms with Crippen LogP contribution in [-0.4, -0.2) is 13.3 Å². The van der Waals surface area contributed by atoms with Crippen LogP contribution in [0.4, 0.5) is 5.69 Å². The first kappa shape index (κ1) is 9.66. The molecule has 0 fully saturated rings. The van der Waals surface area contributed by atoms with Gasteiger partial charge in [0, 0.05) is 11.6 Å². The molecule has 0 bridgehead atoms. The molecule has 1 aliphatic rings. The van der Waals surface area contributed by atoms with E-state index >= 15 is 0 Å². The predicted molar refractivity (Wildman–Crippen MR) is 51.7 cm³/mol. The maximum atomic E-state index is 11.1. The van der Waals surface area contributed by atoms with E-state index < -0.39 is 15.0 Å². The molecule has 78 valence electrons. The molecule has 0 atom stereocenters. The van der Waals surface area contributed by atoms with Crippen molar-refractivity contribution in [2.45, 2.75) is 0 Å². The Balaban J connectivity index is 2.68. The molecule has 0 spiro atoms. The largest absolute Gasteiger partial charge is 0.371 e. The van der Waals surface area contributed by atoms with Crippen LogP contribution < -0.4 is 4.18 Å². The van der Waals surface area contributed by atoms with Gasteiger partial charge in [-0.2, -0.15) is 8.42 Å². The van der Waals surface area contributed by atoms with E-state index in [0.717, 1.165) is 5.41 Å². The number of hydrogen-bond acceptors (Lipinski definition) is 5. The Morgan fingerprint density at radius 3 is 2.73 bits per heavy atom. The molecule has 0 radical (unpaired) electrons. The van der Waals surface area contributed by atoms with E-state index in [2.05, 4.69) is 4.18 Å². The van der Waals surface area contributed by atoms with Crippen molar-refractivity contribution in [2.75, 3.05) is 0 Å². The third-order valence-electron chi connectivity index (χ3n) is 1.84. The molecule has 0 aliphatic carbocycles. The van der Waals surface area contributed by atoms with Gasteiger partial charge in [-0.3, -0.25) is 10.1 Å². The number of para-hydroxylation sites is 1. The Bertz CT molecular complexity index is 560. The Kier molecular flexibility index (Phi) is 1.97. The van der Waals surface area contributed by atoms with E-state index in [0.29, 0.717) is 5.56 Å². The Hall–Kier alpha value is -1.89. The summed E-state index contributed by atoms with van der Waals surface area (Å²) in [6, 6.07) is 4.18. The highest BCUT2D eigenvalue weighted by Gasteiger charge is 2.25. The van der Waals surface area contributed by atoms with E-state index in [-0.39, 0.29) is 11.4 Å². The number of nitrogens with zero attached hydrogens (tertiary/aromatic N) is 1. The van der Waals surface area contributed by atoms with Gasteiger partial charge in [0.25, 0.3) is 0 Å². The fraction of sp³-hybridized carbons (Fsp3) is 0. The highest BCUT2D eigenvalue weighted by atomic mass is 32.2. The zero-order valence-corrected chi connectivity index (χ0v) is 8.10. The smallest absolute Gasteiger partial charge is 0.332 e. The monoisotopic (exact) mass is 227 g/mol. The molecule has 7 heteroatoms. The van der Waals surface area contributed by atoms with Gasteiger partial charge in [-0.05, 0) is 6.08 Å². The van der Waals surface area contributed by atoms with Crippen molar-refractivity contribution in [1.82, 2.24) is 0 Å². The number of fused-ring (bicyclic) bond motifs is 1. The van der Waals surface area contributed by atoms with Gasteiger partial charge in [0.15, 0.2) is 0 Å². The Morgan fingerprint density at radius 1 is 1.33 bits per heavy atom. The first-order chi connectivity index (χ1) is 6.99. The molecule has 6 nitrogen and oxygen atoms in total. The van der Waals surface area contributed by atoms with Crippen LogP contribution in [0.1, 0.15) is 5.56 Å². The first-order valence-corrected chi connectivity index (χ1v) is 5.37. The molecule has 0 aromatic heterocycles. The molecule has 1 aliphatic heterocycles. The van der Waals surface area contributed by atoms with Crippen LogP contribution in [0.3, 0.4) is 0 Å². The van der Waals surface area contributed by atoms with E-state index in [1.807, 2.05) is 0 Å². The van der Waals surface area contributed by atoms with Gasteiger partial charge in [-0.1, -0.05) is 12.1 Å². The number of nitro benzene ring substituents is 1. The van der Waals surface area contributed by atoms with E-state index in [4.69, 9.17) is 0 Å². The van der Waals surface area contributed by atoms with Gasteiger partial charge >= 0.3 is 15.8 Å². The van der Waals surface area contributed by atoms with Crippen LogP contribution in [0.5, 0.6) is 5.75 Å². The second kappa shape index (κ2) is 3.06. The third-order valence-corrected chi connectivity index (χ3v) is 2.70. The third kappa shape index (κ3) is 1.68. The lowest BCUT2D eigenvalue weighted by molar-refractivity contribution is -0.385. The molecule has 0 saturated carbocycles. The average Bonchev–Trinajstić information content (AvgIpc) is 2.15. The Morgan fingerprint density at radius 2 is 2.07 bits per heavy atom. The number of hydrogen-bond donors (Lipinski definition) is 0. The minimum atomic E-state index is -3.84. The Labute approximate surface area is 85.1 Å². The minimum absolute atomic E-state index is 0.231. The number of benzene rings is 1. The van der Waals surface area contributed by atoms with Gasteiger partial charge < -0.3 is 4.18 Å². The molecule has 0 amide bonds. The molecular formula is C8H5NO5S. The summed E-state index contributed by atoms with van der Waals surface area (Å²) >= 11 is 0. The van der Waals surface area contributed by atoms with Crippen molar-refractivity contribution < 1.29 is 17.5 Å². The number of nitro groups is 1. The molecule has 0 N–H and O–H groups in total. The highest BCUT2D eigenvalue weighted by Crippen LogP contribution is 2.35. The SMILES string of the molecule is O=[N+]([O-])c1cccc2c1OS(=O)(=O)C=C2.